The molecule has 13 nitrogen and oxygen atoms in total. The lowest BCUT2D eigenvalue weighted by Crippen LogP contribution is -2.29. The number of hydrogen-bond donors (Lipinski definition) is 1. The minimum atomic E-state index is -3.61. The highest BCUT2D eigenvalue weighted by molar-refractivity contribution is 7.92. The van der Waals surface area contributed by atoms with Crippen LogP contribution in [0.15, 0.2) is 154 Å². The summed E-state index contributed by atoms with van der Waals surface area (Å²) >= 11 is 0. The van der Waals surface area contributed by atoms with Crippen LogP contribution in [-0.4, -0.2) is 83.8 Å². The fourth-order valence-electron chi connectivity index (χ4n) is 9.73. The number of carbonyl (C=O) groups is 2. The third kappa shape index (κ3) is 19.7. The molecule has 16 heteroatoms. The smallest absolute Gasteiger partial charge is 0.232 e. The van der Waals surface area contributed by atoms with E-state index in [1.807, 2.05) is 72.8 Å². The van der Waals surface area contributed by atoms with Crippen molar-refractivity contribution in [3.63, 3.8) is 0 Å². The van der Waals surface area contributed by atoms with Gasteiger partial charge in [0.25, 0.3) is 0 Å². The van der Waals surface area contributed by atoms with E-state index in [4.69, 9.17) is 18.7 Å². The zero-order valence-corrected chi connectivity index (χ0v) is 52.3. The first-order valence-corrected chi connectivity index (χ1v) is 33.7. The lowest BCUT2D eigenvalue weighted by molar-refractivity contribution is 0.103. The first-order valence-electron chi connectivity index (χ1n) is 30.0. The van der Waals surface area contributed by atoms with Crippen LogP contribution in [0.25, 0.3) is 21.9 Å². The zero-order chi connectivity index (χ0) is 61.4. The van der Waals surface area contributed by atoms with Gasteiger partial charge in [-0.1, -0.05) is 127 Å². The molecule has 0 radical (unpaired) electrons. The summed E-state index contributed by atoms with van der Waals surface area (Å²) in [5.41, 5.74) is 5.46. The number of fused-ring (bicyclic) bond motifs is 2. The SMILES string of the molecule is CCCCN(CCCC)CCCO.CCCCOc1ccc(C(=O)c2c(CCCC)oc3ccc(N(Cc4ccccc4)S(C)(=O)=O)cc23)cc1.CCCCc1oc2ccc(N(Cc3ccccc3)S(C)(=O)=O)cc2c1C(=O)c1ccc(F)cc1. The van der Waals surface area contributed by atoms with Crippen LogP contribution in [-0.2, 0) is 46.0 Å². The van der Waals surface area contributed by atoms with Gasteiger partial charge in [0.15, 0.2) is 11.6 Å². The molecule has 0 unspecified atom stereocenters. The normalized spacial score (nSPS) is 11.5. The fraction of sp³-hybridized carbons (Fsp3) is 0.391. The number of ketones is 2. The number of carbonyl (C=O) groups excluding carboxylic acids is 2. The maximum atomic E-state index is 13.8. The van der Waals surface area contributed by atoms with E-state index in [1.54, 1.807) is 48.5 Å². The molecule has 0 aliphatic carbocycles. The summed E-state index contributed by atoms with van der Waals surface area (Å²) in [5, 5.41) is 9.90. The van der Waals surface area contributed by atoms with Gasteiger partial charge in [-0.2, -0.15) is 0 Å². The Labute approximate surface area is 503 Å². The van der Waals surface area contributed by atoms with Gasteiger partial charge in [-0.15, -0.1) is 0 Å². The molecule has 0 saturated heterocycles. The Bertz CT molecular complexity index is 3550. The average Bonchev–Trinajstić information content (AvgIpc) is 2.58. The minimum Gasteiger partial charge on any atom is -0.494 e. The molecule has 2 heterocycles. The van der Waals surface area contributed by atoms with Crippen molar-refractivity contribution >= 4 is 64.9 Å². The number of sulfonamides is 2. The van der Waals surface area contributed by atoms with Crippen LogP contribution < -0.4 is 13.3 Å². The summed E-state index contributed by atoms with van der Waals surface area (Å²) in [6, 6.07) is 41.6. The Morgan fingerprint density at radius 1 is 0.506 bits per heavy atom. The van der Waals surface area contributed by atoms with Crippen molar-refractivity contribution in [2.24, 2.45) is 0 Å². The molecule has 456 valence electrons. The van der Waals surface area contributed by atoms with Gasteiger partial charge in [0, 0.05) is 47.9 Å². The highest BCUT2D eigenvalue weighted by Gasteiger charge is 2.27. The lowest BCUT2D eigenvalue weighted by Gasteiger charge is -2.22. The Morgan fingerprint density at radius 2 is 0.906 bits per heavy atom. The highest BCUT2D eigenvalue weighted by Crippen LogP contribution is 2.36. The van der Waals surface area contributed by atoms with Crippen molar-refractivity contribution in [3.8, 4) is 5.75 Å². The average molecular weight is 1200 g/mol. The van der Waals surface area contributed by atoms with Gasteiger partial charge in [0.2, 0.25) is 20.0 Å². The molecule has 0 amide bonds. The Morgan fingerprint density at radius 3 is 1.29 bits per heavy atom. The quantitative estimate of drug-likeness (QED) is 0.0324. The van der Waals surface area contributed by atoms with E-state index in [1.165, 1.54) is 77.9 Å². The zero-order valence-electron chi connectivity index (χ0n) is 50.7. The van der Waals surface area contributed by atoms with Crippen molar-refractivity contribution in [2.75, 3.05) is 54.0 Å². The van der Waals surface area contributed by atoms with Crippen LogP contribution in [0, 0.1) is 5.82 Å². The van der Waals surface area contributed by atoms with Crippen LogP contribution in [0.5, 0.6) is 5.75 Å². The number of anilines is 2. The van der Waals surface area contributed by atoms with E-state index < -0.39 is 25.9 Å². The van der Waals surface area contributed by atoms with Crippen molar-refractivity contribution in [1.29, 1.82) is 0 Å². The summed E-state index contributed by atoms with van der Waals surface area (Å²) in [4.78, 5) is 29.8. The van der Waals surface area contributed by atoms with Gasteiger partial charge in [-0.05, 0) is 148 Å². The maximum Gasteiger partial charge on any atom is 0.232 e. The predicted molar refractivity (Wildman–Crippen MR) is 343 cm³/mol. The number of aliphatic hydroxyl groups is 1. The van der Waals surface area contributed by atoms with Gasteiger partial charge in [0.1, 0.15) is 34.3 Å². The van der Waals surface area contributed by atoms with Crippen molar-refractivity contribution in [3.05, 3.63) is 196 Å². The highest BCUT2D eigenvalue weighted by atomic mass is 32.2. The molecule has 0 bridgehead atoms. The number of unbranched alkanes of at least 4 members (excludes halogenated alkanes) is 5. The molecule has 1 N–H and O–H groups in total. The summed E-state index contributed by atoms with van der Waals surface area (Å²) in [5.74, 6) is 1.05. The lowest BCUT2D eigenvalue weighted by atomic mass is 9.98. The van der Waals surface area contributed by atoms with Crippen LogP contribution >= 0.6 is 0 Å². The second-order valence-electron chi connectivity index (χ2n) is 21.4. The third-order valence-electron chi connectivity index (χ3n) is 14.5. The molecule has 0 aliphatic rings. The molecule has 0 spiro atoms. The van der Waals surface area contributed by atoms with E-state index in [0.29, 0.717) is 93.1 Å². The molecule has 2 aromatic heterocycles. The van der Waals surface area contributed by atoms with Gasteiger partial charge in [-0.25, -0.2) is 21.2 Å². The monoisotopic (exact) mass is 1200 g/mol. The van der Waals surface area contributed by atoms with E-state index in [9.17, 15) is 30.8 Å². The topological polar surface area (TPSA) is 168 Å². The molecular formula is C69H86FN3O10S2. The van der Waals surface area contributed by atoms with Crippen LogP contribution in [0.3, 0.4) is 0 Å². The molecule has 0 fully saturated rings. The van der Waals surface area contributed by atoms with Crippen molar-refractivity contribution < 1.29 is 49.5 Å². The summed E-state index contributed by atoms with van der Waals surface area (Å²) < 4.78 is 85.1. The minimum absolute atomic E-state index is 0.152. The largest absolute Gasteiger partial charge is 0.494 e. The van der Waals surface area contributed by atoms with Crippen LogP contribution in [0.2, 0.25) is 0 Å². The second kappa shape index (κ2) is 33.5. The molecule has 85 heavy (non-hydrogen) atoms. The number of ether oxygens (including phenoxy) is 1. The molecular weight excluding hydrogens is 1110 g/mol. The second-order valence-corrected chi connectivity index (χ2v) is 25.2. The molecule has 8 aromatic rings. The number of aliphatic hydroxyl groups excluding tert-OH is 1. The first-order chi connectivity index (χ1) is 40.9. The van der Waals surface area contributed by atoms with E-state index in [2.05, 4.69) is 39.5 Å². The molecule has 8 rings (SSSR count). The molecule has 0 aliphatic heterocycles. The van der Waals surface area contributed by atoms with Gasteiger partial charge >= 0.3 is 0 Å². The van der Waals surface area contributed by atoms with E-state index in [0.717, 1.165) is 74.6 Å². The number of benzene rings is 6. The van der Waals surface area contributed by atoms with Gasteiger partial charge in [-0.3, -0.25) is 18.2 Å². The van der Waals surface area contributed by atoms with Gasteiger partial charge in [0.05, 0.1) is 54.7 Å². The van der Waals surface area contributed by atoms with Crippen LogP contribution in [0.4, 0.5) is 15.8 Å². The Kier molecular flexibility index (Phi) is 26.5. The Balaban J connectivity index is 0.000000227. The van der Waals surface area contributed by atoms with Gasteiger partial charge < -0.3 is 23.6 Å². The molecule has 0 saturated carbocycles. The summed E-state index contributed by atoms with van der Waals surface area (Å²) in [6.45, 7) is 15.5. The molecule has 0 atom stereocenters. The summed E-state index contributed by atoms with van der Waals surface area (Å²) in [7, 11) is -7.19. The van der Waals surface area contributed by atoms with Crippen molar-refractivity contribution in [1.82, 2.24) is 4.90 Å². The predicted octanol–water partition coefficient (Wildman–Crippen LogP) is 15.5. The number of nitrogens with zero attached hydrogens (tertiary/aromatic N) is 3. The number of furan rings is 2. The third-order valence-corrected chi connectivity index (χ3v) is 16.7. The molecule has 6 aromatic carbocycles. The number of aryl methyl sites for hydroxylation is 2. The Hall–Kier alpha value is -7.11. The summed E-state index contributed by atoms with van der Waals surface area (Å²) in [6.07, 6.45) is 15.2. The van der Waals surface area contributed by atoms with Crippen LogP contribution in [0.1, 0.15) is 160 Å². The number of hydrogen-bond acceptors (Lipinski definition) is 11. The van der Waals surface area contributed by atoms with E-state index >= 15 is 0 Å². The van der Waals surface area contributed by atoms with Crippen molar-refractivity contribution in [2.45, 2.75) is 131 Å². The maximum absolute atomic E-state index is 13.8. The van der Waals surface area contributed by atoms with E-state index in [-0.39, 0.29) is 24.7 Å². The standard InChI is InChI=1S/C31H35NO5S.C27H26FNO4S.C11H25NO/c1-4-6-13-29-30(31(33)24-14-17-26(18-15-24)36-20-7-5-2)27-21-25(16-19-28(27)37-29)32(38(3,34)35)22-23-11-9-8-10-12-23;1-3-4-10-25-26(27(30)20-11-13-21(28)14-12-20)23-17-22(15-16-24(23)33-25)29(34(2,31)32)18-19-8-6-5-7-9-19;1-3-5-8-12(9-6-4-2)10-7-11-13/h8-12,14-19,21H,4-7,13,20,22H2,1-3H3;5-9,11-17H,3-4,10,18H2,1-2H3;13H,3-11H2,1-2H3. The number of halogens is 1. The first kappa shape index (κ1) is 67.0. The number of rotatable bonds is 31. The fourth-order valence-corrected chi connectivity index (χ4v) is 11.5.